The zero-order valence-electron chi connectivity index (χ0n) is 16.9. The number of ether oxygens (including phenoxy) is 2. The summed E-state index contributed by atoms with van der Waals surface area (Å²) in [6.07, 6.45) is 1.77. The molecule has 31 heavy (non-hydrogen) atoms. The van der Waals surface area contributed by atoms with Crippen molar-refractivity contribution in [2.45, 2.75) is 6.04 Å². The van der Waals surface area contributed by atoms with E-state index in [9.17, 15) is 13.6 Å². The molecule has 1 atom stereocenters. The lowest BCUT2D eigenvalue weighted by Gasteiger charge is -2.26. The van der Waals surface area contributed by atoms with Crippen molar-refractivity contribution < 1.29 is 23.0 Å². The normalized spacial score (nSPS) is 15.6. The van der Waals surface area contributed by atoms with Crippen molar-refractivity contribution in [2.75, 3.05) is 24.4 Å². The molecule has 1 heterocycles. The van der Waals surface area contributed by atoms with Gasteiger partial charge in [0.2, 0.25) is 0 Å². The van der Waals surface area contributed by atoms with E-state index in [4.69, 9.17) is 9.47 Å². The van der Waals surface area contributed by atoms with Crippen molar-refractivity contribution in [3.63, 3.8) is 0 Å². The van der Waals surface area contributed by atoms with Crippen LogP contribution in [0.5, 0.6) is 11.5 Å². The highest BCUT2D eigenvalue weighted by Crippen LogP contribution is 2.39. The minimum absolute atomic E-state index is 0.296. The second kappa shape index (κ2) is 8.47. The molecule has 0 spiro atoms. The molecule has 0 unspecified atom stereocenters. The van der Waals surface area contributed by atoms with Crippen molar-refractivity contribution in [1.29, 1.82) is 0 Å². The highest BCUT2D eigenvalue weighted by molar-refractivity contribution is 6.11. The lowest BCUT2D eigenvalue weighted by Crippen LogP contribution is -2.30. The molecule has 0 fully saturated rings. The van der Waals surface area contributed by atoms with Gasteiger partial charge in [-0.3, -0.25) is 9.69 Å². The van der Waals surface area contributed by atoms with E-state index in [1.54, 1.807) is 54.5 Å². The maximum atomic E-state index is 13.5. The minimum Gasteiger partial charge on any atom is -0.493 e. The van der Waals surface area contributed by atoms with Crippen molar-refractivity contribution >= 4 is 17.3 Å². The molecule has 0 saturated carbocycles. The zero-order chi connectivity index (χ0) is 22.0. The third-order valence-corrected chi connectivity index (χ3v) is 5.03. The van der Waals surface area contributed by atoms with Crippen LogP contribution in [0.4, 0.5) is 20.2 Å². The number of anilines is 2. The standard InChI is InChI=1S/C24H20F2N2O3/c1-30-22-12-3-15(13-23(22)31-2)21-14-20(27-18-8-4-16(25)5-9-18)24(29)28(21)19-10-6-17(26)7-11-19/h3-14,21,27H,1-2H3/t21-/m1/s1. The van der Waals surface area contributed by atoms with Crippen molar-refractivity contribution in [1.82, 2.24) is 0 Å². The molecule has 1 aliphatic rings. The van der Waals surface area contributed by atoms with E-state index in [1.807, 2.05) is 6.07 Å². The summed E-state index contributed by atoms with van der Waals surface area (Å²) in [7, 11) is 3.09. The molecule has 0 radical (unpaired) electrons. The summed E-state index contributed by atoms with van der Waals surface area (Å²) in [4.78, 5) is 14.9. The van der Waals surface area contributed by atoms with Gasteiger partial charge in [-0.1, -0.05) is 6.07 Å². The molecule has 7 heteroatoms. The van der Waals surface area contributed by atoms with E-state index in [1.165, 1.54) is 31.4 Å². The number of benzene rings is 3. The summed E-state index contributed by atoms with van der Waals surface area (Å²) in [5, 5.41) is 3.05. The lowest BCUT2D eigenvalue weighted by atomic mass is 10.1. The Morgan fingerprint density at radius 2 is 1.45 bits per heavy atom. The second-order valence-electron chi connectivity index (χ2n) is 6.92. The van der Waals surface area contributed by atoms with E-state index >= 15 is 0 Å². The molecule has 1 aliphatic heterocycles. The Bertz CT molecular complexity index is 1130. The topological polar surface area (TPSA) is 50.8 Å². The van der Waals surface area contributed by atoms with Gasteiger partial charge in [-0.05, 0) is 72.3 Å². The lowest BCUT2D eigenvalue weighted by molar-refractivity contribution is -0.114. The van der Waals surface area contributed by atoms with Crippen LogP contribution in [0.25, 0.3) is 0 Å². The van der Waals surface area contributed by atoms with Gasteiger partial charge in [0.05, 0.1) is 20.3 Å². The third-order valence-electron chi connectivity index (χ3n) is 5.03. The Morgan fingerprint density at radius 3 is 2.06 bits per heavy atom. The van der Waals surface area contributed by atoms with Crippen LogP contribution < -0.4 is 19.7 Å². The predicted octanol–water partition coefficient (Wildman–Crippen LogP) is 5.07. The summed E-state index contributed by atoms with van der Waals surface area (Å²) in [6.45, 7) is 0. The molecular weight excluding hydrogens is 402 g/mol. The average Bonchev–Trinajstić information content (AvgIpc) is 3.11. The number of halogens is 2. The highest BCUT2D eigenvalue weighted by atomic mass is 19.1. The molecule has 1 N–H and O–H groups in total. The summed E-state index contributed by atoms with van der Waals surface area (Å²) in [5.41, 5.74) is 2.23. The molecule has 158 valence electrons. The second-order valence-corrected chi connectivity index (χ2v) is 6.92. The number of nitrogens with one attached hydrogen (secondary N) is 1. The van der Waals surface area contributed by atoms with Gasteiger partial charge in [-0.25, -0.2) is 8.78 Å². The van der Waals surface area contributed by atoms with Gasteiger partial charge in [0.15, 0.2) is 11.5 Å². The van der Waals surface area contributed by atoms with Gasteiger partial charge >= 0.3 is 0 Å². The van der Waals surface area contributed by atoms with E-state index in [0.29, 0.717) is 28.6 Å². The first-order valence-corrected chi connectivity index (χ1v) is 9.55. The van der Waals surface area contributed by atoms with Gasteiger partial charge < -0.3 is 14.8 Å². The number of rotatable bonds is 6. The molecule has 3 aromatic rings. The fraction of sp³-hybridized carbons (Fsp3) is 0.125. The van der Waals surface area contributed by atoms with Crippen LogP contribution in [-0.4, -0.2) is 20.1 Å². The van der Waals surface area contributed by atoms with Crippen molar-refractivity contribution in [3.05, 3.63) is 95.7 Å². The fourth-order valence-electron chi connectivity index (χ4n) is 3.51. The average molecular weight is 422 g/mol. The largest absolute Gasteiger partial charge is 0.493 e. The fourth-order valence-corrected chi connectivity index (χ4v) is 3.51. The van der Waals surface area contributed by atoms with E-state index < -0.39 is 11.9 Å². The summed E-state index contributed by atoms with van der Waals surface area (Å²) in [5.74, 6) is 0.0391. The molecular formula is C24H20F2N2O3. The van der Waals surface area contributed by atoms with Crippen LogP contribution >= 0.6 is 0 Å². The zero-order valence-corrected chi connectivity index (χ0v) is 16.9. The quantitative estimate of drug-likeness (QED) is 0.603. The maximum Gasteiger partial charge on any atom is 0.275 e. The van der Waals surface area contributed by atoms with Gasteiger partial charge in [-0.2, -0.15) is 0 Å². The van der Waals surface area contributed by atoms with Crippen LogP contribution in [0.15, 0.2) is 78.5 Å². The number of nitrogens with zero attached hydrogens (tertiary/aromatic N) is 1. The van der Waals surface area contributed by atoms with Crippen molar-refractivity contribution in [3.8, 4) is 11.5 Å². The van der Waals surface area contributed by atoms with Crippen LogP contribution in [0, 0.1) is 11.6 Å². The summed E-state index contributed by atoms with van der Waals surface area (Å²) < 4.78 is 37.4. The number of carbonyl (C=O) groups excluding carboxylic acids is 1. The van der Waals surface area contributed by atoms with E-state index in [-0.39, 0.29) is 11.7 Å². The number of amides is 1. The van der Waals surface area contributed by atoms with Crippen molar-refractivity contribution in [2.24, 2.45) is 0 Å². The highest BCUT2D eigenvalue weighted by Gasteiger charge is 2.35. The summed E-state index contributed by atoms with van der Waals surface area (Å²) in [6, 6.07) is 16.4. The Kier molecular flexibility index (Phi) is 5.58. The molecule has 0 aliphatic carbocycles. The van der Waals surface area contributed by atoms with Gasteiger partial charge in [0.25, 0.3) is 5.91 Å². The van der Waals surface area contributed by atoms with Gasteiger partial charge in [0.1, 0.15) is 17.3 Å². The number of carbonyl (C=O) groups is 1. The van der Waals surface area contributed by atoms with Crippen LogP contribution in [-0.2, 0) is 4.79 Å². The van der Waals surface area contributed by atoms with Gasteiger partial charge in [-0.15, -0.1) is 0 Å². The van der Waals surface area contributed by atoms with Crippen LogP contribution in [0.2, 0.25) is 0 Å². The number of hydrogen-bond acceptors (Lipinski definition) is 4. The van der Waals surface area contributed by atoms with Gasteiger partial charge in [0, 0.05) is 11.4 Å². The van der Waals surface area contributed by atoms with Crippen LogP contribution in [0.3, 0.4) is 0 Å². The Balaban J connectivity index is 1.75. The molecule has 3 aromatic carbocycles. The number of hydrogen-bond donors (Lipinski definition) is 1. The van der Waals surface area contributed by atoms with E-state index in [0.717, 1.165) is 5.56 Å². The molecule has 5 nitrogen and oxygen atoms in total. The Morgan fingerprint density at radius 1 is 0.839 bits per heavy atom. The Labute approximate surface area is 178 Å². The Hall–Kier alpha value is -3.87. The maximum absolute atomic E-state index is 13.5. The predicted molar refractivity (Wildman–Crippen MR) is 114 cm³/mol. The molecule has 1 amide bonds. The molecule has 0 bridgehead atoms. The smallest absolute Gasteiger partial charge is 0.275 e. The van der Waals surface area contributed by atoms with Crippen LogP contribution in [0.1, 0.15) is 11.6 Å². The first-order chi connectivity index (χ1) is 15.0. The van der Waals surface area contributed by atoms with E-state index in [2.05, 4.69) is 5.32 Å². The minimum atomic E-state index is -0.472. The third kappa shape index (κ3) is 4.07. The first kappa shape index (κ1) is 20.4. The SMILES string of the molecule is COc1ccc([C@H]2C=C(Nc3ccc(F)cc3)C(=O)N2c2ccc(F)cc2)cc1OC. The molecule has 4 rings (SSSR count). The molecule has 0 saturated heterocycles. The first-order valence-electron chi connectivity index (χ1n) is 9.55. The monoisotopic (exact) mass is 422 g/mol. The molecule has 0 aromatic heterocycles. The summed E-state index contributed by atoms with van der Waals surface area (Å²) >= 11 is 0. The number of methoxy groups -OCH3 is 2.